The minimum absolute atomic E-state index is 0.0877. The Morgan fingerprint density at radius 2 is 1.79 bits per heavy atom. The van der Waals surface area contributed by atoms with Crippen molar-refractivity contribution in [2.24, 2.45) is 0 Å². The van der Waals surface area contributed by atoms with Gasteiger partial charge in [-0.15, -0.1) is 0 Å². The van der Waals surface area contributed by atoms with Crippen molar-refractivity contribution in [2.45, 2.75) is 32.2 Å². The van der Waals surface area contributed by atoms with E-state index in [1.54, 1.807) is 24.3 Å². The average Bonchev–Trinajstić information content (AvgIpc) is 2.75. The molecule has 1 aromatic heterocycles. The maximum atomic E-state index is 14.0. The van der Waals surface area contributed by atoms with Crippen molar-refractivity contribution < 1.29 is 22.7 Å². The summed E-state index contributed by atoms with van der Waals surface area (Å²) < 4.78 is 47.0. The van der Waals surface area contributed by atoms with E-state index in [2.05, 4.69) is 24.6 Å². The molecule has 3 rings (SSSR count). The summed E-state index contributed by atoms with van der Waals surface area (Å²) in [6, 6.07) is 8.29. The number of carbonyl (C=O) groups is 1. The summed E-state index contributed by atoms with van der Waals surface area (Å²) in [7, 11) is -1.36. The number of aromatic amines is 1. The summed E-state index contributed by atoms with van der Waals surface area (Å²) in [6.45, 7) is 7.07. The molecular formula is C23H24ClF3N2O3Si. The van der Waals surface area contributed by atoms with Gasteiger partial charge < -0.3 is 14.6 Å². The second-order valence-electron chi connectivity index (χ2n) is 8.92. The molecule has 0 radical (unpaired) electrons. The Morgan fingerprint density at radius 1 is 1.12 bits per heavy atom. The summed E-state index contributed by atoms with van der Waals surface area (Å²) in [5, 5.41) is 0.0774. The first-order valence-corrected chi connectivity index (χ1v) is 14.4. The lowest BCUT2D eigenvalue weighted by atomic mass is 10.1. The molecule has 0 fully saturated rings. The van der Waals surface area contributed by atoms with Gasteiger partial charge in [0.15, 0.2) is 17.5 Å². The fraction of sp³-hybridized carbons (Fsp3) is 0.304. The molecule has 0 aliphatic carbocycles. The molecule has 3 aromatic rings. The largest absolute Gasteiger partial charge is 0.361 e. The Labute approximate surface area is 195 Å². The van der Waals surface area contributed by atoms with Crippen molar-refractivity contribution in [1.29, 1.82) is 0 Å². The van der Waals surface area contributed by atoms with Crippen molar-refractivity contribution in [1.82, 2.24) is 9.88 Å². The topological polar surface area (TPSA) is 62.4 Å². The van der Waals surface area contributed by atoms with E-state index in [0.29, 0.717) is 17.7 Å². The van der Waals surface area contributed by atoms with Gasteiger partial charge in [-0.3, -0.25) is 9.59 Å². The highest BCUT2D eigenvalue weighted by atomic mass is 35.5. The van der Waals surface area contributed by atoms with Gasteiger partial charge in [-0.05, 0) is 29.8 Å². The van der Waals surface area contributed by atoms with Crippen LogP contribution in [0.15, 0.2) is 41.3 Å². The van der Waals surface area contributed by atoms with E-state index in [1.165, 1.54) is 4.90 Å². The zero-order valence-electron chi connectivity index (χ0n) is 18.5. The van der Waals surface area contributed by atoms with Gasteiger partial charge in [0.25, 0.3) is 5.91 Å². The first kappa shape index (κ1) is 25.0. The lowest BCUT2D eigenvalue weighted by Crippen LogP contribution is -2.36. The number of benzene rings is 2. The molecule has 0 spiro atoms. The number of amides is 1. The summed E-state index contributed by atoms with van der Waals surface area (Å²) >= 11 is 5.93. The van der Waals surface area contributed by atoms with Gasteiger partial charge in [0.1, 0.15) is 12.3 Å². The fourth-order valence-corrected chi connectivity index (χ4v) is 4.02. The van der Waals surface area contributed by atoms with Crippen molar-refractivity contribution in [3.8, 4) is 0 Å². The van der Waals surface area contributed by atoms with E-state index in [0.717, 1.165) is 17.8 Å². The number of nitrogens with zero attached hydrogens (tertiary/aromatic N) is 1. The second-order valence-corrected chi connectivity index (χ2v) is 15.0. The molecule has 1 N–H and O–H groups in total. The van der Waals surface area contributed by atoms with Gasteiger partial charge in [0.05, 0.1) is 10.9 Å². The summed E-state index contributed by atoms with van der Waals surface area (Å²) in [5.74, 6) is -5.42. The second kappa shape index (κ2) is 10.1. The quantitative estimate of drug-likeness (QED) is 0.192. The lowest BCUT2D eigenvalue weighted by Gasteiger charge is -2.24. The number of hydrogen-bond acceptors (Lipinski definition) is 3. The molecule has 0 aliphatic rings. The number of hydrogen-bond donors (Lipinski definition) is 1. The number of H-pyrrole nitrogens is 1. The predicted molar refractivity (Wildman–Crippen MR) is 125 cm³/mol. The minimum Gasteiger partial charge on any atom is -0.361 e. The highest BCUT2D eigenvalue weighted by Gasteiger charge is 2.24. The zero-order chi connectivity index (χ0) is 24.3. The van der Waals surface area contributed by atoms with Gasteiger partial charge >= 0.3 is 0 Å². The van der Waals surface area contributed by atoms with Crippen LogP contribution in [0.25, 0.3) is 10.9 Å². The Kier molecular flexibility index (Phi) is 7.66. The van der Waals surface area contributed by atoms with Crippen molar-refractivity contribution in [3.05, 3.63) is 80.4 Å². The smallest absolute Gasteiger partial charge is 0.261 e. The lowest BCUT2D eigenvalue weighted by molar-refractivity contribution is 0.0249. The number of fused-ring (bicyclic) bond motifs is 1. The predicted octanol–water partition coefficient (Wildman–Crippen LogP) is 5.55. The maximum Gasteiger partial charge on any atom is 0.261 e. The number of pyridine rings is 1. The van der Waals surface area contributed by atoms with Gasteiger partial charge in [0, 0.05) is 32.4 Å². The Balaban J connectivity index is 1.93. The third kappa shape index (κ3) is 6.04. The molecule has 0 aliphatic heterocycles. The van der Waals surface area contributed by atoms with Crippen molar-refractivity contribution >= 4 is 36.5 Å². The minimum atomic E-state index is -1.70. The maximum absolute atomic E-state index is 14.0. The Bertz CT molecular complexity index is 1230. The van der Waals surface area contributed by atoms with Crippen LogP contribution in [0.1, 0.15) is 15.9 Å². The van der Waals surface area contributed by atoms with Gasteiger partial charge in [0.2, 0.25) is 5.43 Å². The van der Waals surface area contributed by atoms with E-state index in [-0.39, 0.29) is 18.8 Å². The number of ether oxygens (including phenoxy) is 1. The Morgan fingerprint density at radius 3 is 2.42 bits per heavy atom. The first-order chi connectivity index (χ1) is 15.5. The van der Waals surface area contributed by atoms with Crippen molar-refractivity contribution in [3.63, 3.8) is 0 Å². The number of carbonyl (C=O) groups excluding carboxylic acids is 1. The molecule has 1 heterocycles. The molecule has 33 heavy (non-hydrogen) atoms. The van der Waals surface area contributed by atoms with E-state index in [4.69, 9.17) is 16.3 Å². The van der Waals surface area contributed by atoms with Gasteiger partial charge in [-0.1, -0.05) is 43.4 Å². The van der Waals surface area contributed by atoms with Crippen LogP contribution in [0.5, 0.6) is 0 Å². The summed E-state index contributed by atoms with van der Waals surface area (Å²) in [5.41, 5.74) is -1.01. The van der Waals surface area contributed by atoms with Crippen LogP contribution in [0.4, 0.5) is 13.2 Å². The van der Waals surface area contributed by atoms with E-state index in [1.807, 2.05) is 0 Å². The van der Waals surface area contributed by atoms with E-state index in [9.17, 15) is 22.8 Å². The molecule has 0 unspecified atom stereocenters. The fourth-order valence-electron chi connectivity index (χ4n) is 3.14. The monoisotopic (exact) mass is 496 g/mol. The molecule has 0 atom stereocenters. The summed E-state index contributed by atoms with van der Waals surface area (Å²) in [6.07, 6.45) is 1.00. The number of halogens is 4. The van der Waals surface area contributed by atoms with Gasteiger partial charge in [-0.25, -0.2) is 13.2 Å². The molecule has 5 nitrogen and oxygen atoms in total. The molecule has 176 valence electrons. The van der Waals surface area contributed by atoms with Crippen LogP contribution in [0.3, 0.4) is 0 Å². The summed E-state index contributed by atoms with van der Waals surface area (Å²) in [4.78, 5) is 29.9. The van der Waals surface area contributed by atoms with Gasteiger partial charge in [-0.2, -0.15) is 0 Å². The van der Waals surface area contributed by atoms with Crippen LogP contribution in [-0.2, 0) is 11.3 Å². The van der Waals surface area contributed by atoms with E-state index < -0.39 is 47.8 Å². The molecule has 0 saturated carbocycles. The standard InChI is InChI=1S/C23H24ClF3N2O3Si/c1-33(2,3)9-8-32-13-29(12-14-4-6-15(24)7-5-14)23(31)17-11-28-21-16(22(17)30)10-18(25)19(26)20(21)27/h4-7,10-11H,8-9,12-13H2,1-3H3,(H,28,30). The highest BCUT2D eigenvalue weighted by Crippen LogP contribution is 2.20. The number of nitrogens with one attached hydrogen (secondary N) is 1. The number of aromatic nitrogens is 1. The molecule has 1 amide bonds. The third-order valence-corrected chi connectivity index (χ3v) is 7.02. The van der Waals surface area contributed by atoms with Crippen LogP contribution >= 0.6 is 11.6 Å². The SMILES string of the molecule is C[Si](C)(C)CCOCN(Cc1ccc(Cl)cc1)C(=O)c1c[nH]c2c(F)c(F)c(F)cc2c1=O. The van der Waals surface area contributed by atoms with Crippen LogP contribution in [-0.4, -0.2) is 37.2 Å². The molecule has 10 heteroatoms. The first-order valence-electron chi connectivity index (χ1n) is 10.3. The highest BCUT2D eigenvalue weighted by molar-refractivity contribution is 6.76. The molecule has 2 aromatic carbocycles. The number of rotatable bonds is 8. The molecule has 0 saturated heterocycles. The molecule has 0 bridgehead atoms. The Hall–Kier alpha value is -2.62. The van der Waals surface area contributed by atoms with Crippen LogP contribution in [0.2, 0.25) is 30.7 Å². The van der Waals surface area contributed by atoms with Crippen LogP contribution in [0, 0.1) is 17.5 Å². The molecular weight excluding hydrogens is 473 g/mol. The zero-order valence-corrected chi connectivity index (χ0v) is 20.2. The normalized spacial score (nSPS) is 11.7. The van der Waals surface area contributed by atoms with Crippen molar-refractivity contribution in [2.75, 3.05) is 13.3 Å². The average molecular weight is 497 g/mol. The van der Waals surface area contributed by atoms with Crippen LogP contribution < -0.4 is 5.43 Å². The van der Waals surface area contributed by atoms with E-state index >= 15 is 0 Å². The third-order valence-electron chi connectivity index (χ3n) is 5.06.